The smallest absolute Gasteiger partial charge is 0.338 e. The predicted octanol–water partition coefficient (Wildman–Crippen LogP) is 4.89. The first-order valence-electron chi connectivity index (χ1n) is 16.5. The number of Topliss-reactive ketones (excluding diaryl/α,β-unsaturated/α-hetero) is 1. The molecule has 9 atom stereocenters. The number of hydrogen-bond acceptors (Lipinski definition) is 9. The van der Waals surface area contributed by atoms with Gasteiger partial charge in [-0.25, -0.2) is 4.79 Å². The van der Waals surface area contributed by atoms with Crippen LogP contribution >= 0.6 is 0 Å². The van der Waals surface area contributed by atoms with E-state index in [0.717, 1.165) is 5.56 Å². The van der Waals surface area contributed by atoms with Crippen molar-refractivity contribution in [3.8, 4) is 0 Å². The lowest BCUT2D eigenvalue weighted by Crippen LogP contribution is -2.75. The number of ketones is 1. The molecule has 6 rings (SSSR count). The number of hydrogen-bond donors (Lipinski definition) is 1. The minimum absolute atomic E-state index is 0.0355. The van der Waals surface area contributed by atoms with E-state index < -0.39 is 58.7 Å². The van der Waals surface area contributed by atoms with Gasteiger partial charge >= 0.3 is 11.9 Å². The van der Waals surface area contributed by atoms with Gasteiger partial charge in [0.1, 0.15) is 23.9 Å². The van der Waals surface area contributed by atoms with E-state index in [4.69, 9.17) is 23.7 Å². The molecule has 0 amide bonds. The Labute approximate surface area is 276 Å². The average molecular weight is 647 g/mol. The van der Waals surface area contributed by atoms with Gasteiger partial charge in [-0.05, 0) is 49.1 Å². The summed E-state index contributed by atoms with van der Waals surface area (Å²) in [5.74, 6) is -2.13. The molecule has 1 N–H and O–H groups in total. The average Bonchev–Trinajstić information content (AvgIpc) is 3.05. The number of rotatable bonds is 8. The molecule has 3 aliphatic carbocycles. The van der Waals surface area contributed by atoms with Gasteiger partial charge in [-0.3, -0.25) is 9.59 Å². The molecule has 9 nitrogen and oxygen atoms in total. The van der Waals surface area contributed by atoms with Crippen molar-refractivity contribution >= 4 is 17.7 Å². The van der Waals surface area contributed by atoms with Crippen LogP contribution in [0.4, 0.5) is 0 Å². The Hall–Kier alpha value is -3.37. The quantitative estimate of drug-likeness (QED) is 0.316. The van der Waals surface area contributed by atoms with Crippen molar-refractivity contribution in [1.29, 1.82) is 0 Å². The van der Waals surface area contributed by atoms with Gasteiger partial charge < -0.3 is 28.8 Å². The highest BCUT2D eigenvalue weighted by Crippen LogP contribution is 2.62. The normalized spacial score (nSPS) is 35.8. The summed E-state index contributed by atoms with van der Waals surface area (Å²) >= 11 is 0. The Kier molecular flexibility index (Phi) is 8.98. The van der Waals surface area contributed by atoms with E-state index >= 15 is 4.79 Å². The number of fused-ring (bicyclic) bond motifs is 5. The Bertz CT molecular complexity index is 1530. The molecule has 0 radical (unpaired) electrons. The van der Waals surface area contributed by atoms with E-state index in [-0.39, 0.29) is 30.6 Å². The molecule has 1 aliphatic heterocycles. The van der Waals surface area contributed by atoms with Crippen LogP contribution in [0.25, 0.3) is 0 Å². The van der Waals surface area contributed by atoms with Crippen LogP contribution in [-0.4, -0.2) is 79.8 Å². The third kappa shape index (κ3) is 5.36. The molecule has 0 spiro atoms. The molecule has 2 saturated carbocycles. The highest BCUT2D eigenvalue weighted by Gasteiger charge is 2.72. The summed E-state index contributed by atoms with van der Waals surface area (Å²) in [5, 5.41) is 13.3. The summed E-state index contributed by atoms with van der Waals surface area (Å²) in [6.07, 6.45) is -2.86. The molecular weight excluding hydrogens is 600 g/mol. The van der Waals surface area contributed by atoms with Crippen molar-refractivity contribution in [1.82, 2.24) is 0 Å². The van der Waals surface area contributed by atoms with Crippen LogP contribution in [0.2, 0.25) is 0 Å². The lowest BCUT2D eigenvalue weighted by molar-refractivity contribution is -0.279. The Morgan fingerprint density at radius 3 is 2.21 bits per heavy atom. The summed E-state index contributed by atoms with van der Waals surface area (Å²) in [5.41, 5.74) is -1.62. The second-order valence-corrected chi connectivity index (χ2v) is 14.3. The first-order chi connectivity index (χ1) is 22.4. The van der Waals surface area contributed by atoms with Crippen molar-refractivity contribution in [2.75, 3.05) is 20.8 Å². The van der Waals surface area contributed by atoms with Crippen LogP contribution in [0, 0.1) is 22.7 Å². The molecule has 1 heterocycles. The second kappa shape index (κ2) is 12.6. The molecule has 252 valence electrons. The first-order valence-corrected chi connectivity index (χ1v) is 16.5. The third-order valence-corrected chi connectivity index (χ3v) is 11.7. The van der Waals surface area contributed by atoms with E-state index in [2.05, 4.69) is 0 Å². The molecule has 2 bridgehead atoms. The van der Waals surface area contributed by atoms with Crippen molar-refractivity contribution in [3.05, 3.63) is 82.9 Å². The van der Waals surface area contributed by atoms with Crippen molar-refractivity contribution in [3.63, 3.8) is 0 Å². The number of carbonyl (C=O) groups excluding carboxylic acids is 3. The lowest BCUT2D eigenvalue weighted by atomic mass is 9.46. The minimum Gasteiger partial charge on any atom is -0.458 e. The van der Waals surface area contributed by atoms with Gasteiger partial charge in [0.25, 0.3) is 0 Å². The van der Waals surface area contributed by atoms with E-state index in [0.29, 0.717) is 36.2 Å². The zero-order valence-electron chi connectivity index (χ0n) is 28.1. The number of aryl methyl sites for hydroxylation is 1. The van der Waals surface area contributed by atoms with Crippen molar-refractivity contribution in [2.45, 2.75) is 89.5 Å². The van der Waals surface area contributed by atoms with Crippen LogP contribution in [-0.2, 0) is 39.7 Å². The fourth-order valence-corrected chi connectivity index (χ4v) is 8.94. The maximum atomic E-state index is 15.0. The van der Waals surface area contributed by atoms with Gasteiger partial charge in [-0.2, -0.15) is 0 Å². The SMILES string of the molecule is CO[C@H]1C(=O)[C@@]2(C)C(C3CO[C@@H]3C[C@@H]2OC)C(OC(=O)c2ccccc2)[C@]2(O)C[C@H](OC(=O)CCc3ccccc3)C(C)=C1C2(C)C. The molecule has 3 unspecified atom stereocenters. The zero-order chi connectivity index (χ0) is 33.7. The summed E-state index contributed by atoms with van der Waals surface area (Å²) in [6, 6.07) is 18.3. The highest BCUT2D eigenvalue weighted by atomic mass is 16.6. The van der Waals surface area contributed by atoms with E-state index in [9.17, 15) is 14.7 Å². The lowest BCUT2D eigenvalue weighted by Gasteiger charge is -2.65. The van der Waals surface area contributed by atoms with Gasteiger partial charge in [0, 0.05) is 50.7 Å². The summed E-state index contributed by atoms with van der Waals surface area (Å²) in [7, 11) is 3.06. The van der Waals surface area contributed by atoms with E-state index in [1.165, 1.54) is 7.11 Å². The standard InChI is InChI=1S/C38H46O9/c1-22-27(46-29(39)18-17-23-13-9-7-10-14-23)20-38(42)34(47-35(41)24-15-11-8-12-16-24)31-25-21-45-26(25)19-28(43-5)37(31,4)33(40)32(44-6)30(22)36(38,2)3/h7-16,25-28,31-32,34,42H,17-21H2,1-6H3/t25?,26-,27+,28+,31?,32-,34?,37-,38-/m1/s1. The molecule has 0 aromatic heterocycles. The summed E-state index contributed by atoms with van der Waals surface area (Å²) < 4.78 is 30.7. The fraction of sp³-hybridized carbons (Fsp3) is 0.553. The molecule has 1 saturated heterocycles. The van der Waals surface area contributed by atoms with Crippen LogP contribution in [0.5, 0.6) is 0 Å². The molecule has 9 heteroatoms. The van der Waals surface area contributed by atoms with Gasteiger partial charge in [0.05, 0.1) is 29.8 Å². The number of ether oxygens (including phenoxy) is 5. The first kappa shape index (κ1) is 33.5. The molecule has 2 aromatic carbocycles. The largest absolute Gasteiger partial charge is 0.458 e. The molecule has 2 aromatic rings. The number of aliphatic hydroxyl groups is 1. The molecule has 4 aliphatic rings. The Morgan fingerprint density at radius 1 is 0.957 bits per heavy atom. The van der Waals surface area contributed by atoms with Crippen LogP contribution in [0.15, 0.2) is 71.8 Å². The summed E-state index contributed by atoms with van der Waals surface area (Å²) in [4.78, 5) is 42.3. The topological polar surface area (TPSA) is 118 Å². The molecule has 3 fully saturated rings. The third-order valence-electron chi connectivity index (χ3n) is 11.7. The fourth-order valence-electron chi connectivity index (χ4n) is 8.94. The Morgan fingerprint density at radius 2 is 1.62 bits per heavy atom. The van der Waals surface area contributed by atoms with Crippen LogP contribution in [0.3, 0.4) is 0 Å². The van der Waals surface area contributed by atoms with Crippen molar-refractivity contribution in [2.24, 2.45) is 22.7 Å². The van der Waals surface area contributed by atoms with E-state index in [1.807, 2.05) is 64.1 Å². The van der Waals surface area contributed by atoms with Gasteiger partial charge in [-0.15, -0.1) is 0 Å². The van der Waals surface area contributed by atoms with Crippen molar-refractivity contribution < 1.29 is 43.2 Å². The maximum absolute atomic E-state index is 15.0. The number of methoxy groups -OCH3 is 2. The van der Waals surface area contributed by atoms with E-state index in [1.54, 1.807) is 31.4 Å². The van der Waals surface area contributed by atoms with Gasteiger partial charge in [0.2, 0.25) is 0 Å². The number of benzene rings is 2. The number of carbonyl (C=O) groups is 3. The second-order valence-electron chi connectivity index (χ2n) is 14.3. The van der Waals surface area contributed by atoms with Crippen LogP contribution < -0.4 is 0 Å². The summed E-state index contributed by atoms with van der Waals surface area (Å²) in [6.45, 7) is 7.75. The van der Waals surface area contributed by atoms with Crippen LogP contribution in [0.1, 0.15) is 62.9 Å². The maximum Gasteiger partial charge on any atom is 0.338 e. The zero-order valence-corrected chi connectivity index (χ0v) is 28.1. The van der Waals surface area contributed by atoms with Gasteiger partial charge in [0.15, 0.2) is 5.78 Å². The minimum atomic E-state index is -1.78. The van der Waals surface area contributed by atoms with Gasteiger partial charge in [-0.1, -0.05) is 62.4 Å². The monoisotopic (exact) mass is 646 g/mol. The number of esters is 2. The highest BCUT2D eigenvalue weighted by molar-refractivity contribution is 5.94. The molecule has 47 heavy (non-hydrogen) atoms. The molecular formula is C38H46O9. The Balaban J connectivity index is 1.48. The predicted molar refractivity (Wildman–Crippen MR) is 172 cm³/mol.